The van der Waals surface area contributed by atoms with Crippen molar-refractivity contribution in [2.75, 3.05) is 29.4 Å². The highest BCUT2D eigenvalue weighted by Crippen LogP contribution is 2.39. The van der Waals surface area contributed by atoms with E-state index in [1.165, 1.54) is 11.2 Å². The van der Waals surface area contributed by atoms with Gasteiger partial charge in [-0.05, 0) is 18.4 Å². The molecule has 2 aromatic carbocycles. The van der Waals surface area contributed by atoms with Crippen molar-refractivity contribution < 1.29 is 4.92 Å². The minimum absolute atomic E-state index is 0.0539. The van der Waals surface area contributed by atoms with Gasteiger partial charge in [-0.3, -0.25) is 10.1 Å². The molecule has 0 fully saturated rings. The maximum atomic E-state index is 12.0. The summed E-state index contributed by atoms with van der Waals surface area (Å²) in [5, 5.41) is 32.0. The van der Waals surface area contributed by atoms with Crippen molar-refractivity contribution in [1.29, 1.82) is 10.5 Å². The van der Waals surface area contributed by atoms with Crippen molar-refractivity contribution >= 4 is 33.8 Å². The molecule has 9 heteroatoms. The van der Waals surface area contributed by atoms with Crippen molar-refractivity contribution in [1.82, 2.24) is 9.97 Å². The number of hydrogen-bond acceptors (Lipinski definition) is 8. The average Bonchev–Trinajstić information content (AvgIpc) is 2.74. The number of rotatable bonds is 7. The summed E-state index contributed by atoms with van der Waals surface area (Å²) in [6, 6.07) is 17.3. The topological polar surface area (TPSA) is 123 Å². The van der Waals surface area contributed by atoms with Gasteiger partial charge >= 0.3 is 5.69 Å². The van der Waals surface area contributed by atoms with Gasteiger partial charge in [0.25, 0.3) is 0 Å². The summed E-state index contributed by atoms with van der Waals surface area (Å²) in [4.78, 5) is 22.6. The Labute approximate surface area is 167 Å². The average molecular weight is 387 g/mol. The molecule has 0 unspecified atom stereocenters. The van der Waals surface area contributed by atoms with Crippen LogP contribution in [0.2, 0.25) is 0 Å². The number of benzene rings is 2. The molecule has 0 spiro atoms. The van der Waals surface area contributed by atoms with Gasteiger partial charge in [0, 0.05) is 11.9 Å². The molecule has 0 aliphatic rings. The van der Waals surface area contributed by atoms with Crippen LogP contribution in [0.15, 0.2) is 48.8 Å². The largest absolute Gasteiger partial charge is 0.354 e. The third-order valence-electron chi connectivity index (χ3n) is 4.42. The second-order valence-corrected chi connectivity index (χ2v) is 6.04. The molecule has 0 aliphatic heterocycles. The van der Waals surface area contributed by atoms with E-state index in [2.05, 4.69) is 9.97 Å². The van der Waals surface area contributed by atoms with Gasteiger partial charge in [0.2, 0.25) is 11.6 Å². The molecule has 0 amide bonds. The molecule has 144 valence electrons. The quantitative estimate of drug-likeness (QED) is 0.342. The molecule has 0 saturated heterocycles. The highest BCUT2D eigenvalue weighted by molar-refractivity contribution is 5.96. The lowest BCUT2D eigenvalue weighted by molar-refractivity contribution is -0.383. The van der Waals surface area contributed by atoms with Crippen LogP contribution in [-0.4, -0.2) is 34.5 Å². The Bertz CT molecular complexity index is 1110. The molecule has 0 bridgehead atoms. The normalized spacial score (nSPS) is 10.2. The molecule has 29 heavy (non-hydrogen) atoms. The zero-order valence-corrected chi connectivity index (χ0v) is 15.7. The van der Waals surface area contributed by atoms with E-state index in [1.54, 1.807) is 4.90 Å². The highest BCUT2D eigenvalue weighted by atomic mass is 16.6. The zero-order valence-electron chi connectivity index (χ0n) is 15.7. The number of nitrogens with zero attached hydrogens (tertiary/aromatic N) is 7. The first-order chi connectivity index (χ1) is 14.1. The van der Waals surface area contributed by atoms with E-state index in [0.29, 0.717) is 6.54 Å². The molecule has 0 radical (unpaired) electrons. The summed E-state index contributed by atoms with van der Waals surface area (Å²) in [7, 11) is 0. The first-order valence-electron chi connectivity index (χ1n) is 8.85. The number of nitro groups is 1. The molecule has 0 N–H and O–H groups in total. The first-order valence-corrected chi connectivity index (χ1v) is 8.85. The predicted molar refractivity (Wildman–Crippen MR) is 109 cm³/mol. The van der Waals surface area contributed by atoms with Gasteiger partial charge in [-0.2, -0.15) is 10.5 Å². The Morgan fingerprint density at radius 1 is 1.03 bits per heavy atom. The minimum Gasteiger partial charge on any atom is -0.324 e. The molecule has 9 nitrogen and oxygen atoms in total. The monoisotopic (exact) mass is 387 g/mol. The fourth-order valence-electron chi connectivity index (χ4n) is 3.21. The lowest BCUT2D eigenvalue weighted by Gasteiger charge is -2.25. The lowest BCUT2D eigenvalue weighted by Crippen LogP contribution is -2.27. The second kappa shape index (κ2) is 8.63. The van der Waals surface area contributed by atoms with Gasteiger partial charge < -0.3 is 9.80 Å². The summed E-state index contributed by atoms with van der Waals surface area (Å²) in [6.45, 7) is 1.88. The number of fused-ring (bicyclic) bond motifs is 1. The van der Waals surface area contributed by atoms with Crippen molar-refractivity contribution in [2.24, 2.45) is 0 Å². The van der Waals surface area contributed by atoms with Crippen molar-refractivity contribution in [3.05, 3.63) is 58.9 Å². The Morgan fingerprint density at radius 2 is 1.69 bits per heavy atom. The number of aromatic nitrogens is 2. The fraction of sp³-hybridized carbons (Fsp3) is 0.200. The molecular weight excluding hydrogens is 370 g/mol. The zero-order chi connectivity index (χ0) is 20.8. The third kappa shape index (κ3) is 3.75. The van der Waals surface area contributed by atoms with Crippen LogP contribution >= 0.6 is 0 Å². The molecule has 0 aliphatic carbocycles. The molecular formula is C20H17N7O2. The summed E-state index contributed by atoms with van der Waals surface area (Å²) >= 11 is 0. The third-order valence-corrected chi connectivity index (χ3v) is 4.42. The van der Waals surface area contributed by atoms with Crippen LogP contribution < -0.4 is 9.80 Å². The van der Waals surface area contributed by atoms with Crippen molar-refractivity contribution in [3.63, 3.8) is 0 Å². The maximum absolute atomic E-state index is 12.0. The van der Waals surface area contributed by atoms with Crippen molar-refractivity contribution in [3.8, 4) is 12.1 Å². The van der Waals surface area contributed by atoms with E-state index in [1.807, 2.05) is 61.5 Å². The summed E-state index contributed by atoms with van der Waals surface area (Å²) < 4.78 is 0. The maximum Gasteiger partial charge on any atom is 0.354 e. The lowest BCUT2D eigenvalue weighted by atomic mass is 10.1. The number of nitriles is 2. The van der Waals surface area contributed by atoms with Crippen LogP contribution in [0, 0.1) is 32.8 Å². The van der Waals surface area contributed by atoms with E-state index in [0.717, 1.165) is 16.5 Å². The summed E-state index contributed by atoms with van der Waals surface area (Å²) in [6.07, 6.45) is 1.22. The van der Waals surface area contributed by atoms with E-state index >= 15 is 0 Å². The van der Waals surface area contributed by atoms with Gasteiger partial charge in [-0.1, -0.05) is 36.4 Å². The Hall–Kier alpha value is -4.24. The van der Waals surface area contributed by atoms with Gasteiger partial charge in [0.15, 0.2) is 0 Å². The van der Waals surface area contributed by atoms with Crippen LogP contribution in [0.4, 0.5) is 23.0 Å². The predicted octanol–water partition coefficient (Wildman–Crippen LogP) is 3.55. The molecule has 3 aromatic rings. The highest BCUT2D eigenvalue weighted by Gasteiger charge is 2.30. The van der Waals surface area contributed by atoms with Gasteiger partial charge in [-0.15, -0.1) is 0 Å². The van der Waals surface area contributed by atoms with Gasteiger partial charge in [-0.25, -0.2) is 9.97 Å². The standard InChI is InChI=1S/C20H17N7O2/c1-2-26(17-9-5-7-15-6-3-4-8-16(15)17)20-18(27(28)29)19(23-14-24-20)25(12-10-21)13-11-22/h3-9,14H,2,12-13H2,1H3. The Morgan fingerprint density at radius 3 is 2.34 bits per heavy atom. The van der Waals surface area contributed by atoms with E-state index in [9.17, 15) is 10.1 Å². The molecule has 0 atom stereocenters. The van der Waals surface area contributed by atoms with Gasteiger partial charge in [0.05, 0.1) is 22.7 Å². The fourth-order valence-corrected chi connectivity index (χ4v) is 3.21. The Balaban J connectivity index is 2.23. The SMILES string of the molecule is CCN(c1ncnc(N(CC#N)CC#N)c1[N+](=O)[O-])c1cccc2ccccc12. The van der Waals surface area contributed by atoms with E-state index < -0.39 is 4.92 Å². The number of anilines is 3. The van der Waals surface area contributed by atoms with Crippen LogP contribution in [0.3, 0.4) is 0 Å². The van der Waals surface area contributed by atoms with Crippen molar-refractivity contribution in [2.45, 2.75) is 6.92 Å². The molecule has 3 rings (SSSR count). The van der Waals surface area contributed by atoms with E-state index in [4.69, 9.17) is 10.5 Å². The second-order valence-electron chi connectivity index (χ2n) is 6.04. The molecule has 1 heterocycles. The van der Waals surface area contributed by atoms with Crippen LogP contribution in [0.25, 0.3) is 10.8 Å². The molecule has 0 saturated carbocycles. The Kier molecular flexibility index (Phi) is 5.81. The van der Waals surface area contributed by atoms with Crippen LogP contribution in [0.1, 0.15) is 6.92 Å². The van der Waals surface area contributed by atoms with Crippen LogP contribution in [-0.2, 0) is 0 Å². The summed E-state index contributed by atoms with van der Waals surface area (Å²) in [5.74, 6) is 0.0570. The number of hydrogen-bond donors (Lipinski definition) is 0. The first kappa shape index (κ1) is 19.5. The smallest absolute Gasteiger partial charge is 0.324 e. The van der Waals surface area contributed by atoms with Gasteiger partial charge in [0.1, 0.15) is 19.4 Å². The summed E-state index contributed by atoms with van der Waals surface area (Å²) in [5.41, 5.74) is 0.429. The minimum atomic E-state index is -0.569. The van der Waals surface area contributed by atoms with E-state index in [-0.39, 0.29) is 30.4 Å². The van der Waals surface area contributed by atoms with Crippen LogP contribution in [0.5, 0.6) is 0 Å². The molecule has 1 aromatic heterocycles.